The summed E-state index contributed by atoms with van der Waals surface area (Å²) in [6, 6.07) is -0.251. The van der Waals surface area contributed by atoms with E-state index in [0.29, 0.717) is 6.67 Å². The van der Waals surface area contributed by atoms with E-state index in [1.807, 2.05) is 25.7 Å². The number of esters is 1. The second-order valence-corrected chi connectivity index (χ2v) is 9.03. The lowest BCUT2D eigenvalue weighted by molar-refractivity contribution is -0.161. The Hall–Kier alpha value is -1.18. The fourth-order valence-electron chi connectivity index (χ4n) is 4.17. The number of hydroxylamine groups is 1. The Bertz CT molecular complexity index is 486. The van der Waals surface area contributed by atoms with Crippen molar-refractivity contribution in [3.8, 4) is 0 Å². The molecular formula is C20H37N3O4. The van der Waals surface area contributed by atoms with E-state index in [1.165, 1.54) is 32.1 Å². The van der Waals surface area contributed by atoms with E-state index in [0.717, 1.165) is 38.3 Å². The van der Waals surface area contributed by atoms with E-state index in [-0.39, 0.29) is 18.6 Å². The summed E-state index contributed by atoms with van der Waals surface area (Å²) in [6.45, 7) is 7.95. The average Bonchev–Trinajstić information content (AvgIpc) is 3.07. The van der Waals surface area contributed by atoms with Gasteiger partial charge in [0.1, 0.15) is 11.6 Å². The largest absolute Gasteiger partial charge is 0.459 e. The molecule has 1 saturated carbocycles. The molecule has 0 aromatic rings. The molecule has 27 heavy (non-hydrogen) atoms. The van der Waals surface area contributed by atoms with Crippen molar-refractivity contribution in [1.29, 1.82) is 0 Å². The van der Waals surface area contributed by atoms with Crippen molar-refractivity contribution >= 4 is 11.9 Å². The number of hydrogen-bond acceptors (Lipinski definition) is 6. The molecule has 7 heteroatoms. The molecule has 0 radical (unpaired) electrons. The van der Waals surface area contributed by atoms with Gasteiger partial charge in [-0.1, -0.05) is 32.1 Å². The maximum Gasteiger partial charge on any atom is 0.323 e. The lowest BCUT2D eigenvalue weighted by Crippen LogP contribution is -2.48. The number of nitrogens with zero attached hydrogens (tertiary/aromatic N) is 2. The molecule has 0 spiro atoms. The number of carbonyl (C=O) groups excluding carboxylic acids is 2. The van der Waals surface area contributed by atoms with Crippen LogP contribution in [0.4, 0.5) is 0 Å². The maximum absolute atomic E-state index is 12.5. The van der Waals surface area contributed by atoms with Crippen LogP contribution >= 0.6 is 0 Å². The van der Waals surface area contributed by atoms with Crippen LogP contribution in [0.2, 0.25) is 0 Å². The fourth-order valence-corrected chi connectivity index (χ4v) is 4.17. The second kappa shape index (κ2) is 10.4. The highest BCUT2D eigenvalue weighted by atomic mass is 16.6. The fraction of sp³-hybridized carbons (Fsp3) is 0.900. The van der Waals surface area contributed by atoms with Crippen LogP contribution < -0.4 is 5.48 Å². The Labute approximate surface area is 163 Å². The number of likely N-dealkylation sites (tertiary alicyclic amines) is 1. The Morgan fingerprint density at radius 2 is 1.85 bits per heavy atom. The summed E-state index contributed by atoms with van der Waals surface area (Å²) in [6.07, 6.45) is 9.27. The number of carbonyl (C=O) groups is 2. The van der Waals surface area contributed by atoms with Crippen molar-refractivity contribution in [1.82, 2.24) is 15.3 Å². The molecule has 1 atom stereocenters. The van der Waals surface area contributed by atoms with Crippen LogP contribution in [0.5, 0.6) is 0 Å². The third-order valence-electron chi connectivity index (χ3n) is 5.49. The molecule has 0 aromatic carbocycles. The van der Waals surface area contributed by atoms with E-state index < -0.39 is 11.5 Å². The molecule has 2 aliphatic rings. The standard InChI is InChI=1S/C20H37N3O4/c1-20(2,3)27-19(25)17-10-7-12-23(17)15-22(14-18(24)21-26)13-11-16-8-5-4-6-9-16/h16-17,26H,4-15H2,1-3H3,(H,21,24)/t17-/m0/s1. The van der Waals surface area contributed by atoms with Crippen molar-refractivity contribution in [2.75, 3.05) is 26.3 Å². The van der Waals surface area contributed by atoms with Crippen molar-refractivity contribution in [2.24, 2.45) is 5.92 Å². The van der Waals surface area contributed by atoms with Gasteiger partial charge in [0.15, 0.2) is 0 Å². The normalized spacial score (nSPS) is 22.2. The van der Waals surface area contributed by atoms with Crippen LogP contribution in [0.3, 0.4) is 0 Å². The molecule has 0 aromatic heterocycles. The van der Waals surface area contributed by atoms with E-state index in [4.69, 9.17) is 9.94 Å². The highest BCUT2D eigenvalue weighted by molar-refractivity contribution is 5.77. The summed E-state index contributed by atoms with van der Waals surface area (Å²) in [4.78, 5) is 28.4. The lowest BCUT2D eigenvalue weighted by atomic mass is 9.87. The summed E-state index contributed by atoms with van der Waals surface area (Å²) in [7, 11) is 0. The maximum atomic E-state index is 12.5. The first-order valence-corrected chi connectivity index (χ1v) is 10.4. The topological polar surface area (TPSA) is 82.1 Å². The van der Waals surface area contributed by atoms with Gasteiger partial charge < -0.3 is 4.74 Å². The monoisotopic (exact) mass is 383 g/mol. The first-order valence-electron chi connectivity index (χ1n) is 10.4. The summed E-state index contributed by atoms with van der Waals surface area (Å²) in [5.41, 5.74) is 1.24. The van der Waals surface area contributed by atoms with E-state index in [9.17, 15) is 9.59 Å². The number of hydrogen-bond donors (Lipinski definition) is 2. The van der Waals surface area contributed by atoms with Gasteiger partial charge in [-0.05, 0) is 46.0 Å². The van der Waals surface area contributed by atoms with Crippen molar-refractivity contribution in [2.45, 2.75) is 83.8 Å². The third-order valence-corrected chi connectivity index (χ3v) is 5.49. The number of rotatable bonds is 8. The molecule has 7 nitrogen and oxygen atoms in total. The molecule has 1 aliphatic carbocycles. The smallest absolute Gasteiger partial charge is 0.323 e. The van der Waals surface area contributed by atoms with Gasteiger partial charge in [-0.3, -0.25) is 24.6 Å². The minimum atomic E-state index is -0.497. The van der Waals surface area contributed by atoms with Gasteiger partial charge in [0, 0.05) is 13.1 Å². The molecule has 1 heterocycles. The summed E-state index contributed by atoms with van der Waals surface area (Å²) in [5.74, 6) is 0.129. The lowest BCUT2D eigenvalue weighted by Gasteiger charge is -2.32. The molecule has 2 fully saturated rings. The zero-order valence-electron chi connectivity index (χ0n) is 17.2. The van der Waals surface area contributed by atoms with Gasteiger partial charge in [0.25, 0.3) is 5.91 Å². The Morgan fingerprint density at radius 3 is 2.48 bits per heavy atom. The van der Waals surface area contributed by atoms with E-state index in [1.54, 1.807) is 5.48 Å². The predicted octanol–water partition coefficient (Wildman–Crippen LogP) is 2.53. The van der Waals surface area contributed by atoms with Gasteiger partial charge in [-0.2, -0.15) is 0 Å². The number of amides is 1. The van der Waals surface area contributed by atoms with Crippen molar-refractivity contribution in [3.05, 3.63) is 0 Å². The zero-order valence-corrected chi connectivity index (χ0v) is 17.2. The van der Waals surface area contributed by atoms with Crippen LogP contribution in [0, 0.1) is 5.92 Å². The molecule has 1 amide bonds. The summed E-state index contributed by atoms with van der Waals surface area (Å²) >= 11 is 0. The molecule has 1 aliphatic heterocycles. The van der Waals surface area contributed by atoms with E-state index >= 15 is 0 Å². The highest BCUT2D eigenvalue weighted by Crippen LogP contribution is 2.27. The van der Waals surface area contributed by atoms with Crippen molar-refractivity contribution < 1.29 is 19.5 Å². The minimum absolute atomic E-state index is 0.140. The van der Waals surface area contributed by atoms with Crippen LogP contribution in [0.15, 0.2) is 0 Å². The highest BCUT2D eigenvalue weighted by Gasteiger charge is 2.35. The van der Waals surface area contributed by atoms with E-state index in [2.05, 4.69) is 4.90 Å². The summed E-state index contributed by atoms with van der Waals surface area (Å²) in [5, 5.41) is 8.92. The molecule has 0 unspecified atom stereocenters. The molecule has 2 N–H and O–H groups in total. The summed E-state index contributed by atoms with van der Waals surface area (Å²) < 4.78 is 5.57. The number of ether oxygens (including phenoxy) is 1. The Balaban J connectivity index is 1.93. The van der Waals surface area contributed by atoms with Crippen LogP contribution in [0.25, 0.3) is 0 Å². The quantitative estimate of drug-likeness (QED) is 0.381. The predicted molar refractivity (Wildman–Crippen MR) is 103 cm³/mol. The SMILES string of the molecule is CC(C)(C)OC(=O)[C@@H]1CCCN1CN(CCC1CCCCC1)CC(=O)NO. The average molecular weight is 384 g/mol. The molecule has 0 bridgehead atoms. The Kier molecular flexibility index (Phi) is 8.51. The molecular weight excluding hydrogens is 346 g/mol. The first kappa shape index (κ1) is 22.1. The van der Waals surface area contributed by atoms with Gasteiger partial charge in [0.2, 0.25) is 0 Å². The van der Waals surface area contributed by atoms with Gasteiger partial charge in [0.05, 0.1) is 13.2 Å². The van der Waals surface area contributed by atoms with Gasteiger partial charge in [-0.15, -0.1) is 0 Å². The first-order chi connectivity index (χ1) is 12.8. The zero-order chi connectivity index (χ0) is 19.9. The van der Waals surface area contributed by atoms with Crippen LogP contribution in [0.1, 0.15) is 72.1 Å². The molecule has 156 valence electrons. The Morgan fingerprint density at radius 1 is 1.15 bits per heavy atom. The molecule has 2 rings (SSSR count). The van der Waals surface area contributed by atoms with Crippen molar-refractivity contribution in [3.63, 3.8) is 0 Å². The minimum Gasteiger partial charge on any atom is -0.459 e. The second-order valence-electron chi connectivity index (χ2n) is 9.03. The van der Waals surface area contributed by atoms with Gasteiger partial charge >= 0.3 is 5.97 Å². The van der Waals surface area contributed by atoms with Gasteiger partial charge in [-0.25, -0.2) is 5.48 Å². The molecule has 1 saturated heterocycles. The van der Waals surface area contributed by atoms with Crippen LogP contribution in [-0.2, 0) is 14.3 Å². The third kappa shape index (κ3) is 7.76. The number of nitrogens with one attached hydrogen (secondary N) is 1. The van der Waals surface area contributed by atoms with Crippen LogP contribution in [-0.4, -0.2) is 64.8 Å².